The van der Waals surface area contributed by atoms with Crippen molar-refractivity contribution >= 4 is 23.8 Å². The van der Waals surface area contributed by atoms with Crippen LogP contribution >= 0.6 is 0 Å². The standard InChI is InChI=1S/C18H18N4O6/c23-15(13-3-1-5-19-11-13)21-7-9-27-17(25)18(26)28-10-8-22-16(24)14-4-2-6-20-12-14/h1-6,11-12H,7-10H2,(H,21,23)(H,22,24). The molecule has 0 unspecified atom stereocenters. The maximum Gasteiger partial charge on any atom is 0.417 e. The zero-order valence-corrected chi connectivity index (χ0v) is 14.8. The molecule has 0 saturated heterocycles. The molecule has 0 aliphatic rings. The van der Waals surface area contributed by atoms with Crippen molar-refractivity contribution in [1.82, 2.24) is 20.6 Å². The molecular weight excluding hydrogens is 368 g/mol. The normalized spacial score (nSPS) is 9.86. The van der Waals surface area contributed by atoms with E-state index in [4.69, 9.17) is 9.47 Å². The third kappa shape index (κ3) is 6.83. The van der Waals surface area contributed by atoms with E-state index >= 15 is 0 Å². The van der Waals surface area contributed by atoms with E-state index in [-0.39, 0.29) is 38.1 Å². The van der Waals surface area contributed by atoms with E-state index in [2.05, 4.69) is 20.6 Å². The quantitative estimate of drug-likeness (QED) is 0.359. The zero-order valence-electron chi connectivity index (χ0n) is 14.8. The first kappa shape index (κ1) is 20.5. The van der Waals surface area contributed by atoms with Crippen molar-refractivity contribution in [1.29, 1.82) is 0 Å². The van der Waals surface area contributed by atoms with Gasteiger partial charge in [-0.25, -0.2) is 9.59 Å². The van der Waals surface area contributed by atoms with Gasteiger partial charge in [-0.3, -0.25) is 19.6 Å². The van der Waals surface area contributed by atoms with Crippen LogP contribution in [-0.4, -0.2) is 60.0 Å². The zero-order chi connectivity index (χ0) is 20.2. The molecule has 0 atom stereocenters. The molecule has 0 aromatic carbocycles. The number of nitrogens with one attached hydrogen (secondary N) is 2. The number of hydrogen-bond acceptors (Lipinski definition) is 8. The Hall–Kier alpha value is -3.82. The molecule has 2 aromatic rings. The molecule has 2 amide bonds. The van der Waals surface area contributed by atoms with Gasteiger partial charge in [-0.15, -0.1) is 0 Å². The van der Waals surface area contributed by atoms with Gasteiger partial charge >= 0.3 is 11.9 Å². The monoisotopic (exact) mass is 386 g/mol. The van der Waals surface area contributed by atoms with Crippen molar-refractivity contribution in [2.24, 2.45) is 0 Å². The van der Waals surface area contributed by atoms with Gasteiger partial charge in [0.15, 0.2) is 0 Å². The maximum absolute atomic E-state index is 11.7. The van der Waals surface area contributed by atoms with E-state index in [1.807, 2.05) is 0 Å². The Labute approximate surface area is 160 Å². The molecule has 0 aliphatic heterocycles. The molecule has 0 fully saturated rings. The number of esters is 2. The summed E-state index contributed by atoms with van der Waals surface area (Å²) in [5.74, 6) is -3.13. The molecule has 28 heavy (non-hydrogen) atoms. The van der Waals surface area contributed by atoms with Crippen molar-refractivity contribution in [2.45, 2.75) is 0 Å². The van der Waals surface area contributed by atoms with Crippen LogP contribution in [0.15, 0.2) is 49.1 Å². The van der Waals surface area contributed by atoms with E-state index in [9.17, 15) is 19.2 Å². The molecule has 0 bridgehead atoms. The lowest BCUT2D eigenvalue weighted by Crippen LogP contribution is -2.31. The summed E-state index contributed by atoms with van der Waals surface area (Å²) in [7, 11) is 0. The summed E-state index contributed by atoms with van der Waals surface area (Å²) >= 11 is 0. The highest BCUT2D eigenvalue weighted by molar-refractivity contribution is 6.29. The van der Waals surface area contributed by atoms with Crippen LogP contribution in [0.1, 0.15) is 20.7 Å². The second-order valence-corrected chi connectivity index (χ2v) is 5.27. The molecule has 146 valence electrons. The summed E-state index contributed by atoms with van der Waals surface area (Å²) < 4.78 is 9.40. The Bertz CT molecular complexity index is 744. The Morgan fingerprint density at radius 2 is 1.18 bits per heavy atom. The first-order chi connectivity index (χ1) is 13.6. The number of nitrogens with zero attached hydrogens (tertiary/aromatic N) is 2. The van der Waals surface area contributed by atoms with Crippen LogP contribution in [0.4, 0.5) is 0 Å². The Morgan fingerprint density at radius 3 is 1.54 bits per heavy atom. The van der Waals surface area contributed by atoms with Crippen molar-refractivity contribution in [3.8, 4) is 0 Å². The number of rotatable bonds is 8. The van der Waals surface area contributed by atoms with Crippen molar-refractivity contribution in [3.63, 3.8) is 0 Å². The Kier molecular flexibility index (Phi) is 8.06. The number of ether oxygens (including phenoxy) is 2. The summed E-state index contributed by atoms with van der Waals surface area (Å²) in [6.07, 6.45) is 5.86. The third-order valence-corrected chi connectivity index (χ3v) is 3.26. The average molecular weight is 386 g/mol. The fraction of sp³-hybridized carbons (Fsp3) is 0.222. The number of carbonyl (C=O) groups is 4. The number of aromatic nitrogens is 2. The first-order valence-corrected chi connectivity index (χ1v) is 8.28. The van der Waals surface area contributed by atoms with E-state index in [0.29, 0.717) is 11.1 Å². The Morgan fingerprint density at radius 1 is 0.750 bits per heavy atom. The van der Waals surface area contributed by atoms with Gasteiger partial charge in [0.2, 0.25) is 0 Å². The number of amides is 2. The highest BCUT2D eigenvalue weighted by Gasteiger charge is 2.17. The number of carbonyl (C=O) groups excluding carboxylic acids is 4. The lowest BCUT2D eigenvalue weighted by molar-refractivity contribution is -0.167. The summed E-state index contributed by atoms with van der Waals surface area (Å²) in [4.78, 5) is 54.1. The largest absolute Gasteiger partial charge is 0.455 e. The van der Waals surface area contributed by atoms with Crippen LogP contribution in [0.25, 0.3) is 0 Å². The summed E-state index contributed by atoms with van der Waals surface area (Å²) in [6, 6.07) is 6.39. The topological polar surface area (TPSA) is 137 Å². The van der Waals surface area contributed by atoms with E-state index in [0.717, 1.165) is 0 Å². The first-order valence-electron chi connectivity index (χ1n) is 8.28. The van der Waals surface area contributed by atoms with Crippen LogP contribution < -0.4 is 10.6 Å². The number of hydrogen-bond donors (Lipinski definition) is 2. The second kappa shape index (κ2) is 11.0. The predicted molar refractivity (Wildman–Crippen MR) is 95.1 cm³/mol. The average Bonchev–Trinajstić information content (AvgIpc) is 2.74. The van der Waals surface area contributed by atoms with Gasteiger partial charge in [0, 0.05) is 24.8 Å². The molecule has 0 radical (unpaired) electrons. The minimum Gasteiger partial charge on any atom is -0.455 e. The molecule has 2 N–H and O–H groups in total. The van der Waals surface area contributed by atoms with Crippen LogP contribution in [0, 0.1) is 0 Å². The fourth-order valence-electron chi connectivity index (χ4n) is 1.93. The van der Waals surface area contributed by atoms with Gasteiger partial charge < -0.3 is 20.1 Å². The van der Waals surface area contributed by atoms with Gasteiger partial charge in [-0.2, -0.15) is 0 Å². The van der Waals surface area contributed by atoms with Gasteiger partial charge in [0.25, 0.3) is 11.8 Å². The molecule has 10 nitrogen and oxygen atoms in total. The van der Waals surface area contributed by atoms with Crippen LogP contribution in [-0.2, 0) is 19.1 Å². The molecule has 2 aromatic heterocycles. The molecular formula is C18H18N4O6. The third-order valence-electron chi connectivity index (χ3n) is 3.26. The minimum atomic E-state index is -1.19. The predicted octanol–water partition coefficient (Wildman–Crippen LogP) is -0.277. The molecule has 2 heterocycles. The summed E-state index contributed by atoms with van der Waals surface area (Å²) in [6.45, 7) is -0.350. The lowest BCUT2D eigenvalue weighted by Gasteiger charge is -2.08. The van der Waals surface area contributed by atoms with Crippen LogP contribution in [0.2, 0.25) is 0 Å². The molecule has 0 saturated carbocycles. The van der Waals surface area contributed by atoms with E-state index < -0.39 is 11.9 Å². The van der Waals surface area contributed by atoms with Crippen LogP contribution in [0.5, 0.6) is 0 Å². The summed E-state index contributed by atoms with van der Waals surface area (Å²) in [5.41, 5.74) is 0.725. The molecule has 2 rings (SSSR count). The fourth-order valence-corrected chi connectivity index (χ4v) is 1.93. The minimum absolute atomic E-state index is 0.0217. The molecule has 0 spiro atoms. The SMILES string of the molecule is O=C(OCCNC(=O)c1cccnc1)C(=O)OCCNC(=O)c1cccnc1. The van der Waals surface area contributed by atoms with Crippen LogP contribution in [0.3, 0.4) is 0 Å². The maximum atomic E-state index is 11.7. The molecule has 10 heteroatoms. The van der Waals surface area contributed by atoms with Gasteiger partial charge in [0.1, 0.15) is 13.2 Å². The number of pyridine rings is 2. The van der Waals surface area contributed by atoms with Gasteiger partial charge in [-0.1, -0.05) is 0 Å². The van der Waals surface area contributed by atoms with E-state index in [1.54, 1.807) is 24.3 Å². The van der Waals surface area contributed by atoms with E-state index in [1.165, 1.54) is 24.8 Å². The highest BCUT2D eigenvalue weighted by atomic mass is 16.6. The second-order valence-electron chi connectivity index (χ2n) is 5.27. The van der Waals surface area contributed by atoms with Crippen molar-refractivity contribution < 1.29 is 28.7 Å². The highest BCUT2D eigenvalue weighted by Crippen LogP contribution is 1.95. The lowest BCUT2D eigenvalue weighted by atomic mass is 10.3. The van der Waals surface area contributed by atoms with Crippen molar-refractivity contribution in [2.75, 3.05) is 26.3 Å². The summed E-state index contributed by atoms with van der Waals surface area (Å²) in [5, 5.41) is 5.03. The molecule has 0 aliphatic carbocycles. The van der Waals surface area contributed by atoms with Gasteiger partial charge in [0.05, 0.1) is 24.2 Å². The van der Waals surface area contributed by atoms with Crippen molar-refractivity contribution in [3.05, 3.63) is 60.2 Å². The Balaban J connectivity index is 1.56. The smallest absolute Gasteiger partial charge is 0.417 e. The van der Waals surface area contributed by atoms with Gasteiger partial charge in [-0.05, 0) is 24.3 Å².